The second kappa shape index (κ2) is 15.2. The molecule has 0 radical (unpaired) electrons. The van der Waals surface area contributed by atoms with Crippen LogP contribution in [0.25, 0.3) is 22.0 Å². The zero-order chi connectivity index (χ0) is 36.4. The number of benzene rings is 2. The van der Waals surface area contributed by atoms with Gasteiger partial charge in [0.25, 0.3) is 5.56 Å². The van der Waals surface area contributed by atoms with E-state index in [1.54, 1.807) is 32.0 Å². The Bertz CT molecular complexity index is 1980. The van der Waals surface area contributed by atoms with Crippen LogP contribution in [0.2, 0.25) is 0 Å². The summed E-state index contributed by atoms with van der Waals surface area (Å²) in [5, 5.41) is 10.1. The molecule has 5 heterocycles. The number of carbonyl (C=O) groups excluding carboxylic acids is 3. The molecule has 3 saturated heterocycles. The van der Waals surface area contributed by atoms with Gasteiger partial charge in [0.05, 0.1) is 20.4 Å². The lowest BCUT2D eigenvalue weighted by Gasteiger charge is -2.36. The number of H-pyrrole nitrogens is 1. The first-order valence-corrected chi connectivity index (χ1v) is 18.4. The minimum Gasteiger partial charge on any atom is -0.496 e. The number of pyridine rings is 1. The van der Waals surface area contributed by atoms with Gasteiger partial charge < -0.3 is 23.8 Å². The number of hydrogen-bond acceptors (Lipinski definition) is 8. The number of methoxy groups -OCH3 is 2. The molecule has 2 N–H and O–H groups in total. The van der Waals surface area contributed by atoms with E-state index in [9.17, 15) is 19.2 Å². The Morgan fingerprint density at radius 3 is 2.21 bits per heavy atom. The van der Waals surface area contributed by atoms with E-state index in [1.165, 1.54) is 5.69 Å². The van der Waals surface area contributed by atoms with Gasteiger partial charge in [-0.05, 0) is 92.2 Å². The van der Waals surface area contributed by atoms with Gasteiger partial charge in [0.2, 0.25) is 17.7 Å². The second-order valence-electron chi connectivity index (χ2n) is 14.7. The Morgan fingerprint density at radius 1 is 0.885 bits per heavy atom. The van der Waals surface area contributed by atoms with E-state index in [4.69, 9.17) is 9.47 Å². The Morgan fingerprint density at radius 2 is 1.56 bits per heavy atom. The molecule has 1 unspecified atom stereocenters. The summed E-state index contributed by atoms with van der Waals surface area (Å²) in [6, 6.07) is 12.5. The molecule has 3 fully saturated rings. The van der Waals surface area contributed by atoms with Gasteiger partial charge in [-0.25, -0.2) is 0 Å². The van der Waals surface area contributed by atoms with E-state index in [0.717, 1.165) is 97.4 Å². The topological polar surface area (TPSA) is 139 Å². The molecule has 3 amide bonds. The number of likely N-dealkylation sites (tertiary alicyclic amines) is 1. The van der Waals surface area contributed by atoms with Crippen molar-refractivity contribution in [1.29, 1.82) is 0 Å². The summed E-state index contributed by atoms with van der Waals surface area (Å²) in [7, 11) is 5.07. The van der Waals surface area contributed by atoms with Crippen molar-refractivity contribution < 1.29 is 23.9 Å². The molecule has 0 aliphatic carbocycles. The molecule has 0 bridgehead atoms. The van der Waals surface area contributed by atoms with Crippen molar-refractivity contribution in [3.63, 3.8) is 0 Å². The lowest BCUT2D eigenvalue weighted by atomic mass is 9.87. The maximum atomic E-state index is 13.4. The van der Waals surface area contributed by atoms with Crippen LogP contribution in [0, 0.1) is 17.8 Å². The first-order chi connectivity index (χ1) is 25.2. The van der Waals surface area contributed by atoms with E-state index < -0.39 is 0 Å². The van der Waals surface area contributed by atoms with Crippen LogP contribution in [-0.2, 0) is 34.3 Å². The number of aromatic amines is 1. The van der Waals surface area contributed by atoms with E-state index in [0.29, 0.717) is 43.0 Å². The van der Waals surface area contributed by atoms with Gasteiger partial charge in [0, 0.05) is 80.4 Å². The normalized spacial score (nSPS) is 18.9. The lowest BCUT2D eigenvalue weighted by Crippen LogP contribution is -2.41. The molecular weight excluding hydrogens is 660 g/mol. The van der Waals surface area contributed by atoms with Gasteiger partial charge in [0.1, 0.15) is 17.0 Å². The maximum Gasteiger partial charge on any atom is 0.276 e. The zero-order valence-electron chi connectivity index (χ0n) is 30.3. The highest BCUT2D eigenvalue weighted by atomic mass is 16.5. The number of amides is 3. The number of nitrogens with zero attached hydrogens (tertiary/aromatic N) is 4. The molecule has 3 aliphatic heterocycles. The molecule has 12 heteroatoms. The summed E-state index contributed by atoms with van der Waals surface area (Å²) in [6.07, 6.45) is 10.4. The van der Waals surface area contributed by atoms with Gasteiger partial charge in [-0.15, -0.1) is 0 Å². The van der Waals surface area contributed by atoms with E-state index >= 15 is 0 Å². The number of anilines is 1. The predicted molar refractivity (Wildman–Crippen MR) is 198 cm³/mol. The monoisotopic (exact) mass is 708 g/mol. The summed E-state index contributed by atoms with van der Waals surface area (Å²) in [4.78, 5) is 54.1. The first kappa shape index (κ1) is 35.3. The second-order valence-corrected chi connectivity index (χ2v) is 14.7. The average Bonchev–Trinajstić information content (AvgIpc) is 3.66. The third kappa shape index (κ3) is 7.42. The quantitative estimate of drug-likeness (QED) is 0.228. The number of fused-ring (bicyclic) bond motifs is 1. The van der Waals surface area contributed by atoms with Crippen LogP contribution in [-0.4, -0.2) is 77.8 Å². The molecule has 2 aromatic carbocycles. The number of aryl methyl sites for hydroxylation is 1. The fraction of sp³-hybridized carbons (Fsp3) is 0.475. The fourth-order valence-electron chi connectivity index (χ4n) is 8.23. The van der Waals surface area contributed by atoms with Gasteiger partial charge in [-0.2, -0.15) is 5.10 Å². The number of nitrogens with one attached hydrogen (secondary N) is 2. The van der Waals surface area contributed by atoms with Crippen molar-refractivity contribution in [2.45, 2.75) is 57.8 Å². The number of imide groups is 1. The number of piperidine rings is 3. The molecule has 52 heavy (non-hydrogen) atoms. The highest BCUT2D eigenvalue weighted by molar-refractivity contribution is 5.98. The Labute approximate surface area is 303 Å². The summed E-state index contributed by atoms with van der Waals surface area (Å²) in [5.41, 5.74) is 5.36. The van der Waals surface area contributed by atoms with Crippen molar-refractivity contribution >= 4 is 34.3 Å². The summed E-state index contributed by atoms with van der Waals surface area (Å²) in [5.74, 6) is 2.04. The molecule has 12 nitrogen and oxygen atoms in total. The number of ether oxygens (including phenoxy) is 2. The molecular formula is C40H48N6O6. The van der Waals surface area contributed by atoms with Crippen LogP contribution in [0.3, 0.4) is 0 Å². The van der Waals surface area contributed by atoms with Crippen molar-refractivity contribution in [3.05, 3.63) is 70.3 Å². The Balaban J connectivity index is 0.900. The third-order valence-corrected chi connectivity index (χ3v) is 11.4. The molecule has 7 rings (SSSR count). The van der Waals surface area contributed by atoms with Crippen LogP contribution in [0.1, 0.15) is 56.1 Å². The molecule has 0 saturated carbocycles. The van der Waals surface area contributed by atoms with E-state index in [-0.39, 0.29) is 29.2 Å². The standard InChI is InChI=1S/C40H48N6O6/c1-44-24-33(32-23-41-43-38(32)40(44)50)29-21-34(51-2)31(35(22-29)52-3)19-26-12-16-46(17-13-26)37(48)20-27-10-14-45(15-11-27)30-7-4-25(5-8-30)18-28-6-9-36(47)42-39(28)49/h4-5,7-8,21-24,26-28H,6,9-20H2,1-3H3,(H,41,43)(H,42,47,49). The third-order valence-electron chi connectivity index (χ3n) is 11.4. The number of hydrogen-bond donors (Lipinski definition) is 2. The summed E-state index contributed by atoms with van der Waals surface area (Å²) < 4.78 is 13.3. The SMILES string of the molecule is COc1cc(-c2cn(C)c(=O)c3[nH]ncc23)cc(OC)c1CC1CCN(C(=O)CC2CCN(c3ccc(CC4CCC(=O)NC4=O)cc3)CC2)CC1. The van der Waals surface area contributed by atoms with Crippen molar-refractivity contribution in [2.75, 3.05) is 45.3 Å². The number of aromatic nitrogens is 3. The zero-order valence-corrected chi connectivity index (χ0v) is 30.3. The Hall–Kier alpha value is -5.13. The smallest absolute Gasteiger partial charge is 0.276 e. The van der Waals surface area contributed by atoms with Gasteiger partial charge in [-0.1, -0.05) is 12.1 Å². The van der Waals surface area contributed by atoms with Crippen LogP contribution < -0.4 is 25.2 Å². The van der Waals surface area contributed by atoms with E-state index in [1.807, 2.05) is 18.3 Å². The largest absolute Gasteiger partial charge is 0.496 e. The maximum absolute atomic E-state index is 13.4. The molecule has 3 aliphatic rings. The van der Waals surface area contributed by atoms with Crippen molar-refractivity contribution in [2.24, 2.45) is 24.8 Å². The number of rotatable bonds is 10. The minimum atomic E-state index is -0.179. The van der Waals surface area contributed by atoms with Crippen molar-refractivity contribution in [1.82, 2.24) is 25.0 Å². The lowest BCUT2D eigenvalue weighted by molar-refractivity contribution is -0.136. The molecule has 0 spiro atoms. The van der Waals surface area contributed by atoms with Gasteiger partial charge in [0.15, 0.2) is 0 Å². The molecule has 2 aromatic heterocycles. The van der Waals surface area contributed by atoms with Crippen molar-refractivity contribution in [3.8, 4) is 22.6 Å². The number of carbonyl (C=O) groups is 3. The molecule has 274 valence electrons. The minimum absolute atomic E-state index is 0.133. The molecule has 1 atom stereocenters. The van der Waals surface area contributed by atoms with Crippen LogP contribution in [0.5, 0.6) is 11.5 Å². The van der Waals surface area contributed by atoms with Crippen LogP contribution in [0.4, 0.5) is 5.69 Å². The Kier molecular flexibility index (Phi) is 10.3. The summed E-state index contributed by atoms with van der Waals surface area (Å²) in [6.45, 7) is 3.36. The molecule has 4 aromatic rings. The highest BCUT2D eigenvalue weighted by Gasteiger charge is 2.30. The highest BCUT2D eigenvalue weighted by Crippen LogP contribution is 2.39. The fourth-order valence-corrected chi connectivity index (χ4v) is 8.23. The van der Waals surface area contributed by atoms with Gasteiger partial charge >= 0.3 is 0 Å². The van der Waals surface area contributed by atoms with E-state index in [2.05, 4.69) is 49.6 Å². The predicted octanol–water partition coefficient (Wildman–Crippen LogP) is 4.63. The summed E-state index contributed by atoms with van der Waals surface area (Å²) >= 11 is 0. The van der Waals surface area contributed by atoms with Gasteiger partial charge in [-0.3, -0.25) is 29.6 Å². The first-order valence-electron chi connectivity index (χ1n) is 18.4. The van der Waals surface area contributed by atoms with Crippen LogP contribution in [0.15, 0.2) is 53.6 Å². The average molecular weight is 709 g/mol. The van der Waals surface area contributed by atoms with Crippen LogP contribution >= 0.6 is 0 Å².